The number of esters is 1. The summed E-state index contributed by atoms with van der Waals surface area (Å²) in [5, 5.41) is 3.74. The Balaban J connectivity index is 1.63. The zero-order chi connectivity index (χ0) is 22.5. The van der Waals surface area contributed by atoms with Gasteiger partial charge in [0.25, 0.3) is 5.91 Å². The highest BCUT2D eigenvalue weighted by atomic mass is 16.5. The Labute approximate surface area is 185 Å². The van der Waals surface area contributed by atoms with Crippen LogP contribution in [0.3, 0.4) is 0 Å². The van der Waals surface area contributed by atoms with E-state index in [1.54, 1.807) is 48.5 Å². The summed E-state index contributed by atoms with van der Waals surface area (Å²) in [6.07, 6.45) is -1.16. The summed E-state index contributed by atoms with van der Waals surface area (Å²) in [4.78, 5) is 30.5. The van der Waals surface area contributed by atoms with Crippen molar-refractivity contribution in [1.29, 1.82) is 0 Å². The molecule has 6 nitrogen and oxygen atoms in total. The summed E-state index contributed by atoms with van der Waals surface area (Å²) in [5.74, 6) is -0.663. The zero-order valence-corrected chi connectivity index (χ0v) is 17.7. The van der Waals surface area contributed by atoms with Crippen LogP contribution in [0, 0.1) is 6.92 Å². The van der Waals surface area contributed by atoms with E-state index in [0.717, 1.165) is 10.9 Å². The number of aromatic nitrogens is 1. The van der Waals surface area contributed by atoms with Crippen LogP contribution in [0.25, 0.3) is 10.9 Å². The van der Waals surface area contributed by atoms with E-state index in [-0.39, 0.29) is 5.69 Å². The fraction of sp³-hybridized carbons (Fsp3) is 0.115. The summed E-state index contributed by atoms with van der Waals surface area (Å²) in [6, 6.07) is 25.2. The third-order valence-corrected chi connectivity index (χ3v) is 4.99. The van der Waals surface area contributed by atoms with Crippen molar-refractivity contribution in [2.45, 2.75) is 13.0 Å². The van der Waals surface area contributed by atoms with Crippen LogP contribution in [0.2, 0.25) is 0 Å². The van der Waals surface area contributed by atoms with E-state index in [9.17, 15) is 9.59 Å². The van der Waals surface area contributed by atoms with Gasteiger partial charge in [-0.25, -0.2) is 9.78 Å². The predicted molar refractivity (Wildman–Crippen MR) is 123 cm³/mol. The Kier molecular flexibility index (Phi) is 6.12. The number of nitrogens with zero attached hydrogens (tertiary/aromatic N) is 1. The number of pyridine rings is 1. The molecule has 0 fully saturated rings. The molecule has 0 radical (unpaired) electrons. The third-order valence-electron chi connectivity index (χ3n) is 4.99. The van der Waals surface area contributed by atoms with Gasteiger partial charge in [-0.15, -0.1) is 0 Å². The van der Waals surface area contributed by atoms with Crippen LogP contribution in [-0.2, 0) is 9.53 Å². The van der Waals surface area contributed by atoms with Crippen LogP contribution in [-0.4, -0.2) is 24.0 Å². The van der Waals surface area contributed by atoms with E-state index in [1.807, 2.05) is 43.3 Å². The molecule has 4 aromatic rings. The van der Waals surface area contributed by atoms with Gasteiger partial charge in [0.2, 0.25) is 6.10 Å². The fourth-order valence-electron chi connectivity index (χ4n) is 3.37. The SMILES string of the molecule is COc1ccc(C)cc1NC(=O)C(OC(=O)c1ccc2ccccc2n1)c1ccccc1. The largest absolute Gasteiger partial charge is 0.495 e. The number of ether oxygens (including phenoxy) is 2. The van der Waals surface area contributed by atoms with Crippen LogP contribution < -0.4 is 10.1 Å². The number of rotatable bonds is 6. The van der Waals surface area contributed by atoms with Gasteiger partial charge in [-0.05, 0) is 36.8 Å². The van der Waals surface area contributed by atoms with Crippen molar-refractivity contribution in [2.24, 2.45) is 0 Å². The smallest absolute Gasteiger partial charge is 0.358 e. The summed E-state index contributed by atoms with van der Waals surface area (Å²) >= 11 is 0. The summed E-state index contributed by atoms with van der Waals surface area (Å²) in [7, 11) is 1.53. The molecule has 0 aliphatic rings. The second-order valence-electron chi connectivity index (χ2n) is 7.28. The van der Waals surface area contributed by atoms with Crippen molar-refractivity contribution in [2.75, 3.05) is 12.4 Å². The molecule has 0 aliphatic heterocycles. The minimum Gasteiger partial charge on any atom is -0.495 e. The molecule has 3 aromatic carbocycles. The maximum Gasteiger partial charge on any atom is 0.358 e. The number of nitrogens with one attached hydrogen (secondary N) is 1. The van der Waals surface area contributed by atoms with Crippen molar-refractivity contribution < 1.29 is 19.1 Å². The maximum absolute atomic E-state index is 13.2. The van der Waals surface area contributed by atoms with Crippen LogP contribution in [0.15, 0.2) is 84.9 Å². The van der Waals surface area contributed by atoms with Crippen molar-refractivity contribution in [3.05, 3.63) is 102 Å². The highest BCUT2D eigenvalue weighted by Gasteiger charge is 2.27. The topological polar surface area (TPSA) is 77.5 Å². The first-order valence-corrected chi connectivity index (χ1v) is 10.1. The Morgan fingerprint density at radius 3 is 2.44 bits per heavy atom. The summed E-state index contributed by atoms with van der Waals surface area (Å²) in [6.45, 7) is 1.91. The molecule has 6 heteroatoms. The van der Waals surface area contributed by atoms with E-state index in [0.29, 0.717) is 22.5 Å². The molecule has 0 saturated carbocycles. The zero-order valence-electron chi connectivity index (χ0n) is 17.7. The molecule has 0 spiro atoms. The highest BCUT2D eigenvalue weighted by Crippen LogP contribution is 2.28. The average molecular weight is 426 g/mol. The van der Waals surface area contributed by atoms with Gasteiger partial charge in [-0.1, -0.05) is 60.7 Å². The monoisotopic (exact) mass is 426 g/mol. The number of hydrogen-bond donors (Lipinski definition) is 1. The van der Waals surface area contributed by atoms with E-state index in [4.69, 9.17) is 9.47 Å². The summed E-state index contributed by atoms with van der Waals surface area (Å²) < 4.78 is 11.0. The lowest BCUT2D eigenvalue weighted by Crippen LogP contribution is -2.26. The van der Waals surface area contributed by atoms with Crippen LogP contribution in [0.4, 0.5) is 5.69 Å². The van der Waals surface area contributed by atoms with Gasteiger partial charge in [0.15, 0.2) is 0 Å². The molecule has 1 N–H and O–H groups in total. The Hall–Kier alpha value is -4.19. The lowest BCUT2D eigenvalue weighted by atomic mass is 10.1. The summed E-state index contributed by atoms with van der Waals surface area (Å²) in [5.41, 5.74) is 2.80. The lowest BCUT2D eigenvalue weighted by Gasteiger charge is -2.19. The van der Waals surface area contributed by atoms with Gasteiger partial charge < -0.3 is 14.8 Å². The van der Waals surface area contributed by atoms with Crippen LogP contribution in [0.1, 0.15) is 27.7 Å². The molecule has 32 heavy (non-hydrogen) atoms. The minimum absolute atomic E-state index is 0.130. The first kappa shape index (κ1) is 21.1. The number of methoxy groups -OCH3 is 1. The van der Waals surface area contributed by atoms with Crippen molar-refractivity contribution >= 4 is 28.5 Å². The standard InChI is InChI=1S/C26H22N2O4/c1-17-12-15-23(31-2)22(16-17)28-25(29)24(19-9-4-3-5-10-19)32-26(30)21-14-13-18-8-6-7-11-20(18)27-21/h3-16,24H,1-2H3,(H,28,29). The van der Waals surface area contributed by atoms with Crippen LogP contribution >= 0.6 is 0 Å². The van der Waals surface area contributed by atoms with E-state index < -0.39 is 18.0 Å². The van der Waals surface area contributed by atoms with E-state index in [2.05, 4.69) is 10.3 Å². The number of hydrogen-bond acceptors (Lipinski definition) is 5. The van der Waals surface area contributed by atoms with Gasteiger partial charge in [0, 0.05) is 10.9 Å². The van der Waals surface area contributed by atoms with Gasteiger partial charge in [-0.2, -0.15) is 0 Å². The van der Waals surface area contributed by atoms with Gasteiger partial charge in [0.1, 0.15) is 11.4 Å². The molecule has 1 aromatic heterocycles. The van der Waals surface area contributed by atoms with Crippen molar-refractivity contribution in [3.63, 3.8) is 0 Å². The van der Waals surface area contributed by atoms with Crippen LogP contribution in [0.5, 0.6) is 5.75 Å². The predicted octanol–water partition coefficient (Wildman–Crippen LogP) is 5.09. The molecule has 160 valence electrons. The van der Waals surface area contributed by atoms with Crippen molar-refractivity contribution in [1.82, 2.24) is 4.98 Å². The number of benzene rings is 3. The second-order valence-corrected chi connectivity index (χ2v) is 7.28. The normalized spacial score (nSPS) is 11.6. The molecule has 0 aliphatic carbocycles. The molecule has 0 saturated heterocycles. The quantitative estimate of drug-likeness (QED) is 0.435. The van der Waals surface area contributed by atoms with E-state index in [1.165, 1.54) is 7.11 Å². The molecule has 4 rings (SSSR count). The number of carbonyl (C=O) groups excluding carboxylic acids is 2. The number of para-hydroxylation sites is 1. The Morgan fingerprint density at radius 1 is 0.906 bits per heavy atom. The minimum atomic E-state index is -1.16. The second kappa shape index (κ2) is 9.31. The number of anilines is 1. The molecule has 1 atom stereocenters. The molecule has 0 bridgehead atoms. The Bertz CT molecular complexity index is 1270. The molecular formula is C26H22N2O4. The molecular weight excluding hydrogens is 404 g/mol. The number of fused-ring (bicyclic) bond motifs is 1. The number of aryl methyl sites for hydroxylation is 1. The fourth-order valence-corrected chi connectivity index (χ4v) is 3.37. The first-order chi connectivity index (χ1) is 15.5. The van der Waals surface area contributed by atoms with Gasteiger partial charge in [0.05, 0.1) is 18.3 Å². The molecule has 1 heterocycles. The number of carbonyl (C=O) groups is 2. The van der Waals surface area contributed by atoms with Crippen molar-refractivity contribution in [3.8, 4) is 5.75 Å². The molecule has 1 amide bonds. The average Bonchev–Trinajstić information content (AvgIpc) is 2.82. The maximum atomic E-state index is 13.2. The highest BCUT2D eigenvalue weighted by molar-refractivity contribution is 5.99. The number of amides is 1. The Morgan fingerprint density at radius 2 is 1.66 bits per heavy atom. The van der Waals surface area contributed by atoms with Gasteiger partial charge >= 0.3 is 5.97 Å². The van der Waals surface area contributed by atoms with Gasteiger partial charge in [-0.3, -0.25) is 4.79 Å². The lowest BCUT2D eigenvalue weighted by molar-refractivity contribution is -0.125. The van der Waals surface area contributed by atoms with E-state index >= 15 is 0 Å². The molecule has 1 unspecified atom stereocenters. The third kappa shape index (κ3) is 4.59. The first-order valence-electron chi connectivity index (χ1n) is 10.1.